The van der Waals surface area contributed by atoms with Crippen LogP contribution in [-0.4, -0.2) is 55.0 Å². The normalized spacial score (nSPS) is 15.3. The molecule has 1 fully saturated rings. The van der Waals surface area contributed by atoms with Crippen molar-refractivity contribution in [2.75, 3.05) is 39.1 Å². The summed E-state index contributed by atoms with van der Waals surface area (Å²) in [5, 5.41) is 8.18. The predicted molar refractivity (Wildman–Crippen MR) is 79.6 cm³/mol. The van der Waals surface area contributed by atoms with Gasteiger partial charge in [0.1, 0.15) is 5.82 Å². The van der Waals surface area contributed by atoms with E-state index in [-0.39, 0.29) is 0 Å². The van der Waals surface area contributed by atoms with Gasteiger partial charge in [0.25, 0.3) is 0 Å². The third kappa shape index (κ3) is 3.70. The van der Waals surface area contributed by atoms with Crippen molar-refractivity contribution in [1.82, 2.24) is 20.0 Å². The molecule has 0 spiro atoms. The minimum atomic E-state index is 0.736. The van der Waals surface area contributed by atoms with Crippen molar-refractivity contribution in [3.63, 3.8) is 0 Å². The molecule has 1 saturated carbocycles. The first-order valence-electron chi connectivity index (χ1n) is 7.10. The van der Waals surface area contributed by atoms with Crippen molar-refractivity contribution in [3.8, 4) is 0 Å². The zero-order chi connectivity index (χ0) is 14.0. The molecule has 0 saturated heterocycles. The molecule has 1 N–H and O–H groups in total. The molecule has 5 nitrogen and oxygen atoms in total. The fraction of sp³-hybridized carbons (Fsp3) is 0.786. The Morgan fingerprint density at radius 1 is 1.26 bits per heavy atom. The second-order valence-corrected chi connectivity index (χ2v) is 5.89. The highest BCUT2D eigenvalue weighted by molar-refractivity contribution is 5.49. The molecule has 0 bridgehead atoms. The van der Waals surface area contributed by atoms with Crippen molar-refractivity contribution in [3.05, 3.63) is 11.3 Å². The molecule has 0 radical (unpaired) electrons. The van der Waals surface area contributed by atoms with E-state index >= 15 is 0 Å². The molecule has 19 heavy (non-hydrogen) atoms. The van der Waals surface area contributed by atoms with E-state index in [1.165, 1.54) is 24.2 Å². The minimum Gasteiger partial charge on any atom is -0.358 e. The van der Waals surface area contributed by atoms with Gasteiger partial charge in [-0.05, 0) is 33.9 Å². The van der Waals surface area contributed by atoms with E-state index in [1.807, 2.05) is 11.7 Å². The third-order valence-corrected chi connectivity index (χ3v) is 3.70. The molecule has 0 amide bonds. The van der Waals surface area contributed by atoms with Crippen molar-refractivity contribution in [2.24, 2.45) is 7.05 Å². The van der Waals surface area contributed by atoms with Crippen molar-refractivity contribution >= 4 is 5.82 Å². The molecule has 1 aliphatic carbocycles. The summed E-state index contributed by atoms with van der Waals surface area (Å²) in [7, 11) is 8.41. The number of aryl methyl sites for hydroxylation is 2. The Morgan fingerprint density at radius 2 is 1.95 bits per heavy atom. The molecule has 0 aromatic carbocycles. The summed E-state index contributed by atoms with van der Waals surface area (Å²) in [5.41, 5.74) is 2.48. The monoisotopic (exact) mass is 265 g/mol. The number of nitrogens with one attached hydrogen (secondary N) is 1. The van der Waals surface area contributed by atoms with Gasteiger partial charge in [0.15, 0.2) is 0 Å². The Balaban J connectivity index is 2.07. The molecular weight excluding hydrogens is 238 g/mol. The second-order valence-electron chi connectivity index (χ2n) is 5.89. The van der Waals surface area contributed by atoms with Gasteiger partial charge in [-0.2, -0.15) is 5.10 Å². The first kappa shape index (κ1) is 14.3. The number of hydrogen-bond acceptors (Lipinski definition) is 4. The molecule has 1 heterocycles. The van der Waals surface area contributed by atoms with Gasteiger partial charge >= 0.3 is 0 Å². The number of hydrogen-bond donors (Lipinski definition) is 1. The maximum Gasteiger partial charge on any atom is 0.131 e. The molecule has 1 aliphatic rings. The topological polar surface area (TPSA) is 36.3 Å². The fourth-order valence-electron chi connectivity index (χ4n) is 2.36. The molecule has 5 heteroatoms. The Kier molecular flexibility index (Phi) is 4.47. The average Bonchev–Trinajstić information content (AvgIpc) is 3.10. The summed E-state index contributed by atoms with van der Waals surface area (Å²) < 4.78 is 2.01. The summed E-state index contributed by atoms with van der Waals surface area (Å²) in [6, 6.07) is 0.736. The Hall–Kier alpha value is -1.07. The van der Waals surface area contributed by atoms with Crippen molar-refractivity contribution in [2.45, 2.75) is 32.4 Å². The maximum absolute atomic E-state index is 4.58. The van der Waals surface area contributed by atoms with Crippen LogP contribution in [0.25, 0.3) is 0 Å². The molecule has 0 atom stereocenters. The van der Waals surface area contributed by atoms with Gasteiger partial charge in [-0.3, -0.25) is 4.68 Å². The summed E-state index contributed by atoms with van der Waals surface area (Å²) in [6.07, 6.45) is 2.65. The van der Waals surface area contributed by atoms with E-state index in [0.717, 1.165) is 31.4 Å². The second kappa shape index (κ2) is 5.92. The molecular formula is C14H27N5. The Bertz CT molecular complexity index is 420. The lowest BCUT2D eigenvalue weighted by Crippen LogP contribution is -2.31. The van der Waals surface area contributed by atoms with Crippen LogP contribution in [0.2, 0.25) is 0 Å². The van der Waals surface area contributed by atoms with Gasteiger partial charge < -0.3 is 15.1 Å². The maximum atomic E-state index is 4.58. The summed E-state index contributed by atoms with van der Waals surface area (Å²) in [6.45, 7) is 5.11. The lowest BCUT2D eigenvalue weighted by atomic mass is 10.2. The van der Waals surface area contributed by atoms with Crippen molar-refractivity contribution in [1.29, 1.82) is 0 Å². The van der Waals surface area contributed by atoms with Crippen molar-refractivity contribution < 1.29 is 0 Å². The van der Waals surface area contributed by atoms with Crippen LogP contribution in [0.4, 0.5) is 5.82 Å². The number of anilines is 1. The number of aromatic nitrogens is 2. The number of likely N-dealkylation sites (N-methyl/N-ethyl adjacent to an activating group) is 2. The van der Waals surface area contributed by atoms with Crippen LogP contribution in [0.1, 0.15) is 24.1 Å². The lowest BCUT2D eigenvalue weighted by Gasteiger charge is -2.23. The zero-order valence-electron chi connectivity index (χ0n) is 12.9. The smallest absolute Gasteiger partial charge is 0.131 e. The molecule has 0 aliphatic heterocycles. The highest BCUT2D eigenvalue weighted by atomic mass is 15.4. The molecule has 108 valence electrons. The first-order valence-corrected chi connectivity index (χ1v) is 7.10. The molecule has 0 unspecified atom stereocenters. The molecule has 1 aromatic rings. The van der Waals surface area contributed by atoms with Gasteiger partial charge in [0, 0.05) is 45.3 Å². The van der Waals surface area contributed by atoms with E-state index in [1.54, 1.807) is 0 Å². The van der Waals surface area contributed by atoms with Crippen LogP contribution in [0, 0.1) is 6.92 Å². The van der Waals surface area contributed by atoms with Crippen LogP contribution in [0.15, 0.2) is 0 Å². The lowest BCUT2D eigenvalue weighted by molar-refractivity contribution is 0.415. The van der Waals surface area contributed by atoms with Crippen LogP contribution < -0.4 is 10.2 Å². The van der Waals surface area contributed by atoms with E-state index in [2.05, 4.69) is 48.3 Å². The van der Waals surface area contributed by atoms with E-state index in [9.17, 15) is 0 Å². The quantitative estimate of drug-likeness (QED) is 0.797. The van der Waals surface area contributed by atoms with Gasteiger partial charge in [0.2, 0.25) is 0 Å². The molecule has 1 aromatic heterocycles. The van der Waals surface area contributed by atoms with Gasteiger partial charge in [0.05, 0.1) is 5.69 Å². The molecule has 2 rings (SSSR count). The SMILES string of the molecule is Cc1nn(C)c(N(C)CCN(C)C)c1CNC1CC1. The van der Waals surface area contributed by atoms with Crippen LogP contribution >= 0.6 is 0 Å². The zero-order valence-corrected chi connectivity index (χ0v) is 12.9. The third-order valence-electron chi connectivity index (χ3n) is 3.70. The van der Waals surface area contributed by atoms with E-state index in [4.69, 9.17) is 0 Å². The summed E-state index contributed by atoms with van der Waals surface area (Å²) in [5.74, 6) is 1.24. The Morgan fingerprint density at radius 3 is 2.53 bits per heavy atom. The standard InChI is InChI=1S/C14H27N5/c1-11-13(10-15-12-6-7-12)14(19(5)16-11)18(4)9-8-17(2)3/h12,15H,6-10H2,1-5H3. The van der Waals surface area contributed by atoms with Crippen LogP contribution in [0.5, 0.6) is 0 Å². The average molecular weight is 265 g/mol. The number of nitrogens with zero attached hydrogens (tertiary/aromatic N) is 4. The van der Waals surface area contributed by atoms with Gasteiger partial charge in [-0.15, -0.1) is 0 Å². The predicted octanol–water partition coefficient (Wildman–Crippen LogP) is 0.978. The fourth-order valence-corrected chi connectivity index (χ4v) is 2.36. The van der Waals surface area contributed by atoms with Gasteiger partial charge in [-0.25, -0.2) is 0 Å². The number of rotatable bonds is 7. The minimum absolute atomic E-state index is 0.736. The summed E-state index contributed by atoms with van der Waals surface area (Å²) in [4.78, 5) is 4.52. The Labute approximate surface area is 116 Å². The van der Waals surface area contributed by atoms with Crippen LogP contribution in [-0.2, 0) is 13.6 Å². The van der Waals surface area contributed by atoms with Crippen LogP contribution in [0.3, 0.4) is 0 Å². The van der Waals surface area contributed by atoms with E-state index in [0.29, 0.717) is 0 Å². The highest BCUT2D eigenvalue weighted by Gasteiger charge is 2.23. The van der Waals surface area contributed by atoms with Gasteiger partial charge in [-0.1, -0.05) is 0 Å². The highest BCUT2D eigenvalue weighted by Crippen LogP contribution is 2.25. The largest absolute Gasteiger partial charge is 0.358 e. The summed E-state index contributed by atoms with van der Waals surface area (Å²) >= 11 is 0. The van der Waals surface area contributed by atoms with E-state index < -0.39 is 0 Å². The first-order chi connectivity index (χ1) is 8.99.